The molecule has 0 spiro atoms. The van der Waals surface area contributed by atoms with Crippen LogP contribution in [0.3, 0.4) is 0 Å². The highest BCUT2D eigenvalue weighted by atomic mass is 32.2. The molecule has 0 fully saturated rings. The normalized spacial score (nSPS) is 12.1. The summed E-state index contributed by atoms with van der Waals surface area (Å²) in [6.45, 7) is 1.99. The van der Waals surface area contributed by atoms with Crippen LogP contribution < -0.4 is 5.32 Å². The zero-order chi connectivity index (χ0) is 12.8. The molecule has 5 nitrogen and oxygen atoms in total. The number of aromatic nitrogens is 1. The van der Waals surface area contributed by atoms with Gasteiger partial charge >= 0.3 is 5.97 Å². The van der Waals surface area contributed by atoms with Crippen molar-refractivity contribution in [3.05, 3.63) is 16.1 Å². The van der Waals surface area contributed by atoms with E-state index in [2.05, 4.69) is 10.3 Å². The fourth-order valence-corrected chi connectivity index (χ4v) is 2.60. The largest absolute Gasteiger partial charge is 0.476 e. The van der Waals surface area contributed by atoms with E-state index in [4.69, 9.17) is 5.11 Å². The van der Waals surface area contributed by atoms with Gasteiger partial charge in [-0.15, -0.1) is 11.3 Å². The summed E-state index contributed by atoms with van der Waals surface area (Å²) in [6, 6.07) is 0.0923. The van der Waals surface area contributed by atoms with Crippen molar-refractivity contribution in [3.8, 4) is 0 Å². The summed E-state index contributed by atoms with van der Waals surface area (Å²) in [4.78, 5) is 26.1. The van der Waals surface area contributed by atoms with Crippen molar-refractivity contribution in [3.63, 3.8) is 0 Å². The number of aromatic carboxylic acids is 1. The Bertz CT molecular complexity index is 406. The molecule has 1 atom stereocenters. The Balaban J connectivity index is 2.65. The number of hydrogen-bond donors (Lipinski definition) is 2. The van der Waals surface area contributed by atoms with Gasteiger partial charge in [0.2, 0.25) is 0 Å². The number of thioether (sulfide) groups is 1. The van der Waals surface area contributed by atoms with Gasteiger partial charge in [0, 0.05) is 17.2 Å². The van der Waals surface area contributed by atoms with Crippen molar-refractivity contribution in [2.24, 2.45) is 0 Å². The average molecular weight is 274 g/mol. The van der Waals surface area contributed by atoms with Crippen molar-refractivity contribution in [2.45, 2.75) is 19.4 Å². The van der Waals surface area contributed by atoms with Crippen molar-refractivity contribution >= 4 is 35.0 Å². The third-order valence-electron chi connectivity index (χ3n) is 2.11. The summed E-state index contributed by atoms with van der Waals surface area (Å²) in [5.41, 5.74) is -0.0851. The lowest BCUT2D eigenvalue weighted by atomic mass is 10.2. The quantitative estimate of drug-likeness (QED) is 0.825. The molecule has 0 aromatic carbocycles. The van der Waals surface area contributed by atoms with E-state index in [0.29, 0.717) is 0 Å². The Labute approximate surface area is 108 Å². The Morgan fingerprint density at radius 1 is 1.65 bits per heavy atom. The fourth-order valence-electron chi connectivity index (χ4n) is 1.19. The molecule has 0 radical (unpaired) electrons. The lowest BCUT2D eigenvalue weighted by Crippen LogP contribution is -2.36. The van der Waals surface area contributed by atoms with Gasteiger partial charge < -0.3 is 10.4 Å². The van der Waals surface area contributed by atoms with E-state index in [1.54, 1.807) is 11.8 Å². The first-order valence-corrected chi connectivity index (χ1v) is 7.34. The van der Waals surface area contributed by atoms with E-state index in [0.717, 1.165) is 23.5 Å². The van der Waals surface area contributed by atoms with Gasteiger partial charge in [0.1, 0.15) is 0 Å². The van der Waals surface area contributed by atoms with Crippen LogP contribution in [0.1, 0.15) is 33.6 Å². The monoisotopic (exact) mass is 274 g/mol. The summed E-state index contributed by atoms with van der Waals surface area (Å²) in [6.07, 6.45) is 2.81. The van der Waals surface area contributed by atoms with Crippen LogP contribution in [0.2, 0.25) is 0 Å². The smallest absolute Gasteiger partial charge is 0.355 e. The molecule has 94 valence electrons. The van der Waals surface area contributed by atoms with Gasteiger partial charge in [0.15, 0.2) is 10.7 Å². The molecule has 0 aliphatic heterocycles. The molecule has 1 amide bonds. The summed E-state index contributed by atoms with van der Waals surface area (Å²) >= 11 is 2.70. The van der Waals surface area contributed by atoms with E-state index in [1.165, 1.54) is 5.38 Å². The van der Waals surface area contributed by atoms with Crippen LogP contribution in [-0.2, 0) is 0 Å². The Kier molecular flexibility index (Phi) is 5.43. The Morgan fingerprint density at radius 3 is 2.82 bits per heavy atom. The zero-order valence-corrected chi connectivity index (χ0v) is 11.2. The molecule has 0 saturated carbocycles. The van der Waals surface area contributed by atoms with E-state index in [1.807, 2.05) is 13.2 Å². The molecule has 0 saturated heterocycles. The molecule has 0 bridgehead atoms. The summed E-state index contributed by atoms with van der Waals surface area (Å²) < 4.78 is 0. The maximum Gasteiger partial charge on any atom is 0.355 e. The number of rotatable bonds is 6. The van der Waals surface area contributed by atoms with Gasteiger partial charge in [0.25, 0.3) is 5.91 Å². The Hall–Kier alpha value is -1.08. The minimum atomic E-state index is -1.11. The van der Waals surface area contributed by atoms with E-state index >= 15 is 0 Å². The van der Waals surface area contributed by atoms with Crippen LogP contribution in [0.4, 0.5) is 0 Å². The fraction of sp³-hybridized carbons (Fsp3) is 0.500. The number of nitrogens with zero attached hydrogens (tertiary/aromatic N) is 1. The van der Waals surface area contributed by atoms with Crippen molar-refractivity contribution < 1.29 is 14.7 Å². The molecule has 1 heterocycles. The van der Waals surface area contributed by atoms with Crippen LogP contribution >= 0.6 is 23.1 Å². The number of thiazole rings is 1. The number of carbonyl (C=O) groups is 2. The first kappa shape index (κ1) is 14.0. The van der Waals surface area contributed by atoms with Gasteiger partial charge in [-0.25, -0.2) is 9.78 Å². The van der Waals surface area contributed by atoms with Gasteiger partial charge in [-0.3, -0.25) is 4.79 Å². The second kappa shape index (κ2) is 6.61. The average Bonchev–Trinajstić information content (AvgIpc) is 2.77. The lowest BCUT2D eigenvalue weighted by molar-refractivity contribution is 0.0691. The van der Waals surface area contributed by atoms with Crippen molar-refractivity contribution in [1.29, 1.82) is 0 Å². The molecule has 1 unspecified atom stereocenters. The minimum Gasteiger partial charge on any atom is -0.476 e. The van der Waals surface area contributed by atoms with Crippen molar-refractivity contribution in [2.75, 3.05) is 12.0 Å². The highest BCUT2D eigenvalue weighted by Gasteiger charge is 2.17. The summed E-state index contributed by atoms with van der Waals surface area (Å²) in [5.74, 6) is -0.584. The van der Waals surface area contributed by atoms with Crippen LogP contribution in [-0.4, -0.2) is 40.0 Å². The van der Waals surface area contributed by atoms with Crippen LogP contribution in [0, 0.1) is 0 Å². The molecule has 17 heavy (non-hydrogen) atoms. The van der Waals surface area contributed by atoms with Crippen LogP contribution in [0.15, 0.2) is 5.38 Å². The second-order valence-electron chi connectivity index (χ2n) is 3.38. The third-order valence-corrected chi connectivity index (χ3v) is 3.69. The second-order valence-corrected chi connectivity index (χ2v) is 5.15. The third kappa shape index (κ3) is 4.01. The first-order chi connectivity index (χ1) is 8.08. The van der Waals surface area contributed by atoms with E-state index in [-0.39, 0.29) is 22.7 Å². The molecular formula is C10H14N2O3S2. The standard InChI is InChI=1S/C10H14N2O3S2/c1-3-6(4-16-2)11-8(13)9-12-7(5-17-9)10(14)15/h5-6H,3-4H2,1-2H3,(H,11,13)(H,14,15). The molecule has 1 aromatic rings. The number of amides is 1. The molecule has 0 aliphatic rings. The molecule has 1 rings (SSSR count). The van der Waals surface area contributed by atoms with E-state index in [9.17, 15) is 9.59 Å². The van der Waals surface area contributed by atoms with Gasteiger partial charge in [-0.05, 0) is 12.7 Å². The maximum absolute atomic E-state index is 11.8. The lowest BCUT2D eigenvalue weighted by Gasteiger charge is -2.14. The molecule has 7 heteroatoms. The predicted octanol–water partition coefficient (Wildman–Crippen LogP) is 1.71. The Morgan fingerprint density at radius 2 is 2.35 bits per heavy atom. The highest BCUT2D eigenvalue weighted by Crippen LogP contribution is 2.10. The molecule has 1 aromatic heterocycles. The number of hydrogen-bond acceptors (Lipinski definition) is 5. The van der Waals surface area contributed by atoms with E-state index < -0.39 is 5.97 Å². The SMILES string of the molecule is CCC(CSC)NC(=O)c1nc(C(=O)O)cs1. The summed E-state index contributed by atoms with van der Waals surface area (Å²) in [5, 5.41) is 13.1. The van der Waals surface area contributed by atoms with Gasteiger partial charge in [0.05, 0.1) is 0 Å². The number of carbonyl (C=O) groups excluding carboxylic acids is 1. The maximum atomic E-state index is 11.8. The first-order valence-electron chi connectivity index (χ1n) is 5.07. The molecule has 2 N–H and O–H groups in total. The van der Waals surface area contributed by atoms with Gasteiger partial charge in [-0.1, -0.05) is 6.92 Å². The van der Waals surface area contributed by atoms with Crippen LogP contribution in [0.5, 0.6) is 0 Å². The summed E-state index contributed by atoms with van der Waals surface area (Å²) in [7, 11) is 0. The minimum absolute atomic E-state index is 0.0851. The van der Waals surface area contributed by atoms with Gasteiger partial charge in [-0.2, -0.15) is 11.8 Å². The number of nitrogens with one attached hydrogen (secondary N) is 1. The topological polar surface area (TPSA) is 79.3 Å². The predicted molar refractivity (Wildman–Crippen MR) is 69.0 cm³/mol. The van der Waals surface area contributed by atoms with Crippen LogP contribution in [0.25, 0.3) is 0 Å². The molecule has 0 aliphatic carbocycles. The molecular weight excluding hydrogens is 260 g/mol. The number of carboxylic acids is 1. The highest BCUT2D eigenvalue weighted by molar-refractivity contribution is 7.98. The van der Waals surface area contributed by atoms with Crippen molar-refractivity contribution in [1.82, 2.24) is 10.3 Å². The number of carboxylic acid groups (broad SMARTS) is 1. The zero-order valence-electron chi connectivity index (χ0n) is 9.60.